The monoisotopic (exact) mass is 263 g/mol. The van der Waals surface area contributed by atoms with Crippen LogP contribution in [0.2, 0.25) is 0 Å². The molecule has 3 nitrogen and oxygen atoms in total. The van der Waals surface area contributed by atoms with Gasteiger partial charge in [0, 0.05) is 5.56 Å². The summed E-state index contributed by atoms with van der Waals surface area (Å²) in [4.78, 5) is 0. The normalized spacial score (nSPS) is 15.2. The van der Waals surface area contributed by atoms with E-state index in [0.717, 1.165) is 12.1 Å². The third-order valence-electron chi connectivity index (χ3n) is 1.97. The first-order valence-electron chi connectivity index (χ1n) is 3.96. The van der Waals surface area contributed by atoms with Crippen LogP contribution in [-0.4, -0.2) is 16.8 Å². The van der Waals surface area contributed by atoms with E-state index < -0.39 is 11.4 Å². The molecule has 1 aromatic rings. The Bertz CT molecular complexity index is 355. The molecule has 14 heavy (non-hydrogen) atoms. The second-order valence-corrected chi connectivity index (χ2v) is 4.21. The Balaban J connectivity index is 3.34. The minimum absolute atomic E-state index is 0.148. The van der Waals surface area contributed by atoms with Crippen LogP contribution in [0.15, 0.2) is 16.6 Å². The Morgan fingerprint density at radius 3 is 2.64 bits per heavy atom. The number of aromatic hydroxyl groups is 1. The second-order valence-electron chi connectivity index (χ2n) is 3.36. The van der Waals surface area contributed by atoms with Crippen LogP contribution in [0.3, 0.4) is 0 Å². The summed E-state index contributed by atoms with van der Waals surface area (Å²) in [7, 11) is 0. The van der Waals surface area contributed by atoms with Gasteiger partial charge in [-0.1, -0.05) is 0 Å². The van der Waals surface area contributed by atoms with Gasteiger partial charge >= 0.3 is 0 Å². The van der Waals surface area contributed by atoms with Gasteiger partial charge in [0.25, 0.3) is 0 Å². The fraction of sp³-hybridized carbons (Fsp3) is 0.333. The predicted octanol–water partition coefficient (Wildman–Crippen LogP) is 1.46. The molecule has 5 heteroatoms. The van der Waals surface area contributed by atoms with Crippen molar-refractivity contribution in [1.82, 2.24) is 0 Å². The van der Waals surface area contributed by atoms with Gasteiger partial charge in [0.15, 0.2) is 0 Å². The summed E-state index contributed by atoms with van der Waals surface area (Å²) in [5, 5.41) is 18.6. The standard InChI is InChI=1S/C9H11BrFNO2/c1-9(12,4-13)6-2-5(11)3-7(10)8(6)14/h2-3,13-14H,4,12H2,1H3/t9-/m0/s1. The van der Waals surface area contributed by atoms with E-state index in [9.17, 15) is 9.50 Å². The summed E-state index contributed by atoms with van der Waals surface area (Å²) >= 11 is 2.99. The van der Waals surface area contributed by atoms with Crippen molar-refractivity contribution in [3.63, 3.8) is 0 Å². The molecule has 1 aromatic carbocycles. The van der Waals surface area contributed by atoms with E-state index in [-0.39, 0.29) is 22.4 Å². The molecule has 0 unspecified atom stereocenters. The van der Waals surface area contributed by atoms with Gasteiger partial charge in [-0.2, -0.15) is 0 Å². The molecule has 0 saturated carbocycles. The number of nitrogens with two attached hydrogens (primary N) is 1. The van der Waals surface area contributed by atoms with Crippen LogP contribution < -0.4 is 5.73 Å². The van der Waals surface area contributed by atoms with Crippen molar-refractivity contribution in [2.45, 2.75) is 12.5 Å². The lowest BCUT2D eigenvalue weighted by Gasteiger charge is -2.23. The van der Waals surface area contributed by atoms with Gasteiger partial charge in [-0.25, -0.2) is 4.39 Å². The molecule has 0 spiro atoms. The average Bonchev–Trinajstić information content (AvgIpc) is 2.11. The van der Waals surface area contributed by atoms with E-state index in [1.165, 1.54) is 6.92 Å². The summed E-state index contributed by atoms with van der Waals surface area (Å²) < 4.78 is 13.2. The highest BCUT2D eigenvalue weighted by atomic mass is 79.9. The molecule has 0 heterocycles. The summed E-state index contributed by atoms with van der Waals surface area (Å²) in [6, 6.07) is 2.24. The number of aliphatic hydroxyl groups excluding tert-OH is 1. The average molecular weight is 264 g/mol. The molecule has 0 aromatic heterocycles. The number of hydrogen-bond acceptors (Lipinski definition) is 3. The largest absolute Gasteiger partial charge is 0.506 e. The number of benzene rings is 1. The van der Waals surface area contributed by atoms with E-state index in [2.05, 4.69) is 15.9 Å². The first kappa shape index (κ1) is 11.4. The molecule has 0 aliphatic heterocycles. The zero-order chi connectivity index (χ0) is 10.9. The van der Waals surface area contributed by atoms with Gasteiger partial charge in [-0.05, 0) is 35.0 Å². The number of phenolic OH excluding ortho intramolecular Hbond substituents is 1. The summed E-state index contributed by atoms with van der Waals surface area (Å²) in [6.07, 6.45) is 0. The molecule has 0 amide bonds. The fourth-order valence-corrected chi connectivity index (χ4v) is 1.52. The van der Waals surface area contributed by atoms with Gasteiger partial charge in [0.2, 0.25) is 0 Å². The summed E-state index contributed by atoms with van der Waals surface area (Å²) in [5.41, 5.74) is 4.69. The van der Waals surface area contributed by atoms with E-state index in [1.807, 2.05) is 0 Å². The second kappa shape index (κ2) is 3.84. The predicted molar refractivity (Wildman–Crippen MR) is 54.4 cm³/mol. The van der Waals surface area contributed by atoms with Crippen molar-refractivity contribution < 1.29 is 14.6 Å². The van der Waals surface area contributed by atoms with Crippen LogP contribution in [0, 0.1) is 5.82 Å². The maximum Gasteiger partial charge on any atom is 0.135 e. The summed E-state index contributed by atoms with van der Waals surface area (Å²) in [6.45, 7) is 1.13. The van der Waals surface area contributed by atoms with Crippen molar-refractivity contribution >= 4 is 15.9 Å². The van der Waals surface area contributed by atoms with Crippen molar-refractivity contribution in [3.8, 4) is 5.75 Å². The van der Waals surface area contributed by atoms with Gasteiger partial charge in [0.05, 0.1) is 16.6 Å². The third kappa shape index (κ3) is 2.05. The lowest BCUT2D eigenvalue weighted by molar-refractivity contribution is 0.206. The lowest BCUT2D eigenvalue weighted by atomic mass is 9.93. The molecule has 0 aliphatic rings. The quantitative estimate of drug-likeness (QED) is 0.757. The highest BCUT2D eigenvalue weighted by Crippen LogP contribution is 2.34. The zero-order valence-corrected chi connectivity index (χ0v) is 9.18. The molecule has 0 saturated heterocycles. The van der Waals surface area contributed by atoms with E-state index >= 15 is 0 Å². The van der Waals surface area contributed by atoms with Gasteiger partial charge in [-0.15, -0.1) is 0 Å². The molecule has 1 rings (SSSR count). The van der Waals surface area contributed by atoms with E-state index in [1.54, 1.807) is 0 Å². The van der Waals surface area contributed by atoms with Crippen LogP contribution in [0.5, 0.6) is 5.75 Å². The van der Waals surface area contributed by atoms with Crippen LogP contribution in [0.25, 0.3) is 0 Å². The Morgan fingerprint density at radius 1 is 1.57 bits per heavy atom. The first-order valence-corrected chi connectivity index (χ1v) is 4.76. The van der Waals surface area contributed by atoms with E-state index in [0.29, 0.717) is 0 Å². The maximum atomic E-state index is 13.0. The first-order chi connectivity index (χ1) is 6.38. The topological polar surface area (TPSA) is 66.5 Å². The third-order valence-corrected chi connectivity index (χ3v) is 2.58. The molecule has 0 fully saturated rings. The molecular formula is C9H11BrFNO2. The van der Waals surface area contributed by atoms with Crippen LogP contribution in [0.1, 0.15) is 12.5 Å². The minimum Gasteiger partial charge on any atom is -0.506 e. The molecule has 4 N–H and O–H groups in total. The van der Waals surface area contributed by atoms with Gasteiger partial charge in [0.1, 0.15) is 11.6 Å². The number of halogens is 2. The van der Waals surface area contributed by atoms with Crippen molar-refractivity contribution in [2.75, 3.05) is 6.61 Å². The molecular weight excluding hydrogens is 253 g/mol. The number of hydrogen-bond donors (Lipinski definition) is 3. The molecule has 1 atom stereocenters. The van der Waals surface area contributed by atoms with Crippen molar-refractivity contribution in [3.05, 3.63) is 28.0 Å². The van der Waals surface area contributed by atoms with Crippen molar-refractivity contribution in [1.29, 1.82) is 0 Å². The Morgan fingerprint density at radius 2 is 2.14 bits per heavy atom. The zero-order valence-electron chi connectivity index (χ0n) is 7.59. The molecule has 0 aliphatic carbocycles. The van der Waals surface area contributed by atoms with Crippen molar-refractivity contribution in [2.24, 2.45) is 5.73 Å². The molecule has 0 bridgehead atoms. The molecule has 78 valence electrons. The van der Waals surface area contributed by atoms with Crippen LogP contribution >= 0.6 is 15.9 Å². The Labute approximate surface area is 89.5 Å². The van der Waals surface area contributed by atoms with Gasteiger partial charge in [-0.3, -0.25) is 0 Å². The SMILES string of the molecule is C[C@](N)(CO)c1cc(F)cc(Br)c1O. The maximum absolute atomic E-state index is 13.0. The Kier molecular flexibility index (Phi) is 3.14. The lowest BCUT2D eigenvalue weighted by Crippen LogP contribution is -2.37. The summed E-state index contributed by atoms with van der Waals surface area (Å²) in [5.74, 6) is -0.666. The molecule has 0 radical (unpaired) electrons. The highest BCUT2D eigenvalue weighted by molar-refractivity contribution is 9.10. The smallest absolute Gasteiger partial charge is 0.135 e. The number of rotatable bonds is 2. The number of phenols is 1. The number of aliphatic hydroxyl groups is 1. The Hall–Kier alpha value is -0.650. The highest BCUT2D eigenvalue weighted by Gasteiger charge is 2.25. The van der Waals surface area contributed by atoms with E-state index in [4.69, 9.17) is 10.8 Å². The van der Waals surface area contributed by atoms with Gasteiger partial charge < -0.3 is 15.9 Å². The minimum atomic E-state index is -1.16. The van der Waals surface area contributed by atoms with Crippen LogP contribution in [-0.2, 0) is 5.54 Å². The van der Waals surface area contributed by atoms with Crippen LogP contribution in [0.4, 0.5) is 4.39 Å². The fourth-order valence-electron chi connectivity index (χ4n) is 1.09.